The molecule has 0 radical (unpaired) electrons. The number of rotatable bonds is 3. The SMILES string of the molecule is NCCC1COC(=O)N1c1ccc2c(c1)OCCO2. The largest absolute Gasteiger partial charge is 0.486 e. The lowest BCUT2D eigenvalue weighted by molar-refractivity contribution is 0.171. The van der Waals surface area contributed by atoms with Gasteiger partial charge in [0.05, 0.1) is 11.7 Å². The predicted molar refractivity (Wildman–Crippen MR) is 68.7 cm³/mol. The predicted octanol–water partition coefficient (Wildman–Crippen LogP) is 1.13. The maximum absolute atomic E-state index is 11.8. The van der Waals surface area contributed by atoms with Crippen molar-refractivity contribution in [2.45, 2.75) is 12.5 Å². The average Bonchev–Trinajstić information content (AvgIpc) is 2.80. The fourth-order valence-corrected chi connectivity index (χ4v) is 2.36. The number of benzene rings is 1. The third-order valence-corrected chi connectivity index (χ3v) is 3.26. The van der Waals surface area contributed by atoms with Crippen LogP contribution in [-0.2, 0) is 4.74 Å². The Bertz CT molecular complexity index is 492. The smallest absolute Gasteiger partial charge is 0.414 e. The van der Waals surface area contributed by atoms with Crippen LogP contribution >= 0.6 is 0 Å². The molecule has 19 heavy (non-hydrogen) atoms. The Morgan fingerprint density at radius 3 is 2.79 bits per heavy atom. The zero-order chi connectivity index (χ0) is 13.2. The highest BCUT2D eigenvalue weighted by atomic mass is 16.6. The molecule has 1 aromatic rings. The molecule has 0 spiro atoms. The van der Waals surface area contributed by atoms with Crippen molar-refractivity contribution in [3.05, 3.63) is 18.2 Å². The normalized spacial score (nSPS) is 21.4. The maximum Gasteiger partial charge on any atom is 0.414 e. The van der Waals surface area contributed by atoms with Gasteiger partial charge in [0, 0.05) is 6.07 Å². The minimum absolute atomic E-state index is 0.0138. The fraction of sp³-hybridized carbons (Fsp3) is 0.462. The highest BCUT2D eigenvalue weighted by molar-refractivity contribution is 5.90. The molecule has 2 aliphatic rings. The van der Waals surface area contributed by atoms with Gasteiger partial charge in [-0.1, -0.05) is 0 Å². The number of fused-ring (bicyclic) bond motifs is 1. The van der Waals surface area contributed by atoms with Gasteiger partial charge in [-0.25, -0.2) is 4.79 Å². The minimum Gasteiger partial charge on any atom is -0.486 e. The number of hydrogen-bond donors (Lipinski definition) is 1. The van der Waals surface area contributed by atoms with Crippen molar-refractivity contribution < 1.29 is 19.0 Å². The summed E-state index contributed by atoms with van der Waals surface area (Å²) in [6, 6.07) is 5.45. The maximum atomic E-state index is 11.8. The van der Waals surface area contributed by atoms with E-state index in [0.717, 1.165) is 5.69 Å². The van der Waals surface area contributed by atoms with Crippen LogP contribution < -0.4 is 20.1 Å². The summed E-state index contributed by atoms with van der Waals surface area (Å²) in [5.41, 5.74) is 6.32. The number of carbonyl (C=O) groups excluding carboxylic acids is 1. The summed E-state index contributed by atoms with van der Waals surface area (Å²) in [4.78, 5) is 13.4. The van der Waals surface area contributed by atoms with Gasteiger partial charge in [-0.05, 0) is 25.1 Å². The Kier molecular flexibility index (Phi) is 3.16. The fourth-order valence-electron chi connectivity index (χ4n) is 2.36. The molecule has 1 fully saturated rings. The second-order valence-electron chi connectivity index (χ2n) is 4.51. The Morgan fingerprint density at radius 1 is 1.21 bits per heavy atom. The number of hydrogen-bond acceptors (Lipinski definition) is 5. The third-order valence-electron chi connectivity index (χ3n) is 3.26. The number of nitrogens with zero attached hydrogens (tertiary/aromatic N) is 1. The lowest BCUT2D eigenvalue weighted by Gasteiger charge is -2.24. The third kappa shape index (κ3) is 2.19. The highest BCUT2D eigenvalue weighted by Gasteiger charge is 2.34. The quantitative estimate of drug-likeness (QED) is 0.886. The van der Waals surface area contributed by atoms with Crippen LogP contribution in [0.5, 0.6) is 11.5 Å². The van der Waals surface area contributed by atoms with Crippen molar-refractivity contribution in [1.82, 2.24) is 0 Å². The Morgan fingerprint density at radius 2 is 2.00 bits per heavy atom. The van der Waals surface area contributed by atoms with Gasteiger partial charge in [0.25, 0.3) is 0 Å². The van der Waals surface area contributed by atoms with E-state index in [2.05, 4.69) is 0 Å². The molecule has 1 atom stereocenters. The van der Waals surface area contributed by atoms with Crippen LogP contribution in [-0.4, -0.2) is 38.5 Å². The van der Waals surface area contributed by atoms with Crippen LogP contribution in [0, 0.1) is 0 Å². The van der Waals surface area contributed by atoms with E-state index in [0.29, 0.717) is 44.3 Å². The van der Waals surface area contributed by atoms with Crippen LogP contribution in [0.15, 0.2) is 18.2 Å². The molecule has 6 heteroatoms. The van der Waals surface area contributed by atoms with E-state index in [1.54, 1.807) is 4.90 Å². The van der Waals surface area contributed by atoms with Crippen LogP contribution in [0.3, 0.4) is 0 Å². The first-order valence-electron chi connectivity index (χ1n) is 6.35. The molecule has 0 aliphatic carbocycles. The van der Waals surface area contributed by atoms with Gasteiger partial charge in [0.1, 0.15) is 19.8 Å². The Hall–Kier alpha value is -1.95. The van der Waals surface area contributed by atoms with Gasteiger partial charge in [-0.3, -0.25) is 4.90 Å². The van der Waals surface area contributed by atoms with E-state index in [4.69, 9.17) is 19.9 Å². The number of amides is 1. The summed E-state index contributed by atoms with van der Waals surface area (Å²) < 4.78 is 16.1. The first kappa shape index (κ1) is 12.1. The second kappa shape index (κ2) is 4.97. The summed E-state index contributed by atoms with van der Waals surface area (Å²) in [6.07, 6.45) is 0.371. The van der Waals surface area contributed by atoms with Gasteiger partial charge < -0.3 is 19.9 Å². The minimum atomic E-state index is -0.338. The van der Waals surface area contributed by atoms with Crippen LogP contribution in [0.1, 0.15) is 6.42 Å². The standard InChI is InChI=1S/C13H16N2O4/c14-4-3-10-8-19-13(16)15(10)9-1-2-11-12(7-9)18-6-5-17-11/h1-2,7,10H,3-6,8,14H2. The number of cyclic esters (lactones) is 1. The second-order valence-corrected chi connectivity index (χ2v) is 4.51. The van der Waals surface area contributed by atoms with Gasteiger partial charge in [-0.15, -0.1) is 0 Å². The molecule has 2 aliphatic heterocycles. The van der Waals surface area contributed by atoms with E-state index < -0.39 is 0 Å². The van der Waals surface area contributed by atoms with Crippen LogP contribution in [0.25, 0.3) is 0 Å². The molecule has 6 nitrogen and oxygen atoms in total. The van der Waals surface area contributed by atoms with Gasteiger partial charge >= 0.3 is 6.09 Å². The summed E-state index contributed by atoms with van der Waals surface area (Å²) >= 11 is 0. The van der Waals surface area contributed by atoms with Crippen molar-refractivity contribution in [3.8, 4) is 11.5 Å². The lowest BCUT2D eigenvalue weighted by atomic mass is 10.1. The van der Waals surface area contributed by atoms with Gasteiger partial charge in [0.15, 0.2) is 11.5 Å². The Balaban J connectivity index is 1.89. The van der Waals surface area contributed by atoms with E-state index >= 15 is 0 Å². The molecule has 0 saturated carbocycles. The number of carbonyl (C=O) groups is 1. The first-order chi connectivity index (χ1) is 9.29. The van der Waals surface area contributed by atoms with Crippen LogP contribution in [0.4, 0.5) is 10.5 Å². The topological polar surface area (TPSA) is 74.0 Å². The molecular formula is C13H16N2O4. The van der Waals surface area contributed by atoms with E-state index in [9.17, 15) is 4.79 Å². The van der Waals surface area contributed by atoms with Crippen molar-refractivity contribution in [1.29, 1.82) is 0 Å². The van der Waals surface area contributed by atoms with E-state index in [-0.39, 0.29) is 12.1 Å². The molecule has 3 rings (SSSR count). The molecule has 1 unspecified atom stereocenters. The highest BCUT2D eigenvalue weighted by Crippen LogP contribution is 2.36. The van der Waals surface area contributed by atoms with E-state index in [1.807, 2.05) is 18.2 Å². The monoisotopic (exact) mass is 264 g/mol. The van der Waals surface area contributed by atoms with Crippen molar-refractivity contribution in [2.24, 2.45) is 5.73 Å². The summed E-state index contributed by atoms with van der Waals surface area (Å²) in [5.74, 6) is 1.37. The van der Waals surface area contributed by atoms with Crippen molar-refractivity contribution >= 4 is 11.8 Å². The molecule has 2 heterocycles. The zero-order valence-electron chi connectivity index (χ0n) is 10.5. The van der Waals surface area contributed by atoms with E-state index in [1.165, 1.54) is 0 Å². The number of ether oxygens (including phenoxy) is 3. The zero-order valence-corrected chi connectivity index (χ0v) is 10.5. The Labute approximate surface area is 111 Å². The molecule has 2 N–H and O–H groups in total. The van der Waals surface area contributed by atoms with Gasteiger partial charge in [0.2, 0.25) is 0 Å². The summed E-state index contributed by atoms with van der Waals surface area (Å²) in [7, 11) is 0. The molecule has 0 aromatic heterocycles. The lowest BCUT2D eigenvalue weighted by Crippen LogP contribution is -2.35. The molecule has 1 amide bonds. The molecule has 1 aromatic carbocycles. The summed E-state index contributed by atoms with van der Waals surface area (Å²) in [5, 5.41) is 0. The molecule has 102 valence electrons. The average molecular weight is 264 g/mol. The van der Waals surface area contributed by atoms with Gasteiger partial charge in [-0.2, -0.15) is 0 Å². The van der Waals surface area contributed by atoms with Crippen LogP contribution in [0.2, 0.25) is 0 Å². The van der Waals surface area contributed by atoms with Crippen molar-refractivity contribution in [2.75, 3.05) is 31.3 Å². The first-order valence-corrected chi connectivity index (χ1v) is 6.35. The molecule has 1 saturated heterocycles. The molecular weight excluding hydrogens is 248 g/mol. The van der Waals surface area contributed by atoms with Crippen molar-refractivity contribution in [3.63, 3.8) is 0 Å². The summed E-state index contributed by atoms with van der Waals surface area (Å²) in [6.45, 7) is 1.97. The number of nitrogens with two attached hydrogens (primary N) is 1. The number of anilines is 1. The molecule has 0 bridgehead atoms.